The number of carbonyl (C=O) groups excluding carboxylic acids is 1. The second kappa shape index (κ2) is 10.1. The maximum absolute atomic E-state index is 12.0. The number of carboxylic acids is 1. The molecule has 118 valence electrons. The van der Waals surface area contributed by atoms with Gasteiger partial charge in [-0.1, -0.05) is 0 Å². The molecule has 0 radical (unpaired) electrons. The monoisotopic (exact) mass is 299 g/mol. The van der Waals surface area contributed by atoms with Crippen molar-refractivity contribution in [3.05, 3.63) is 0 Å². The van der Waals surface area contributed by atoms with Crippen LogP contribution >= 0.6 is 0 Å². The summed E-state index contributed by atoms with van der Waals surface area (Å²) in [5.74, 6) is -1.40. The van der Waals surface area contributed by atoms with Crippen LogP contribution in [0.3, 0.4) is 0 Å². The van der Waals surface area contributed by atoms with Crippen molar-refractivity contribution in [2.75, 3.05) is 59.2 Å². The Morgan fingerprint density at radius 3 is 2.62 bits per heavy atom. The summed E-state index contributed by atoms with van der Waals surface area (Å²) in [6.45, 7) is 3.79. The molecule has 1 aliphatic heterocycles. The minimum absolute atomic E-state index is 0.244. The molecule has 8 heteroatoms. The number of ether oxygens (including phenoxy) is 2. The fraction of sp³-hybridized carbons (Fsp3) is 0.769. The predicted octanol–water partition coefficient (Wildman–Crippen LogP) is -0.838. The lowest BCUT2D eigenvalue weighted by Crippen LogP contribution is -2.44. The molecule has 0 spiro atoms. The first kappa shape index (κ1) is 17.4. The molecule has 0 atom stereocenters. The standard InChI is InChI=1S/C13H21N3O5/c14-2-1-3-16(12(17)10-21-11-13(18)19)5-4-15-6-8-20-9-7-15/h1,3-11H2,(H,18,19). The molecule has 0 aliphatic carbocycles. The van der Waals surface area contributed by atoms with E-state index in [0.29, 0.717) is 32.8 Å². The molecule has 1 amide bonds. The van der Waals surface area contributed by atoms with Gasteiger partial charge in [0.15, 0.2) is 0 Å². The zero-order valence-electron chi connectivity index (χ0n) is 12.0. The second-order valence-corrected chi connectivity index (χ2v) is 4.63. The van der Waals surface area contributed by atoms with Crippen LogP contribution in [0.25, 0.3) is 0 Å². The summed E-state index contributed by atoms with van der Waals surface area (Å²) in [5, 5.41) is 17.1. The van der Waals surface area contributed by atoms with E-state index < -0.39 is 12.6 Å². The largest absolute Gasteiger partial charge is 0.480 e. The van der Waals surface area contributed by atoms with Crippen LogP contribution in [-0.4, -0.2) is 85.9 Å². The van der Waals surface area contributed by atoms with Gasteiger partial charge in [-0.2, -0.15) is 5.26 Å². The van der Waals surface area contributed by atoms with Gasteiger partial charge in [0.1, 0.15) is 13.2 Å². The van der Waals surface area contributed by atoms with Crippen LogP contribution in [0.1, 0.15) is 6.42 Å². The molecule has 0 aromatic carbocycles. The molecular weight excluding hydrogens is 278 g/mol. The van der Waals surface area contributed by atoms with Crippen LogP contribution in [0.15, 0.2) is 0 Å². The third-order valence-electron chi connectivity index (χ3n) is 3.09. The molecule has 0 saturated carbocycles. The summed E-state index contributed by atoms with van der Waals surface area (Å²) in [6.07, 6.45) is 0.244. The van der Waals surface area contributed by atoms with Crippen molar-refractivity contribution in [3.63, 3.8) is 0 Å². The Morgan fingerprint density at radius 1 is 1.29 bits per heavy atom. The molecule has 1 saturated heterocycles. The van der Waals surface area contributed by atoms with E-state index in [1.807, 2.05) is 6.07 Å². The molecule has 1 heterocycles. The summed E-state index contributed by atoms with van der Waals surface area (Å²) in [7, 11) is 0. The predicted molar refractivity (Wildman–Crippen MR) is 72.5 cm³/mol. The first-order valence-electron chi connectivity index (χ1n) is 6.88. The van der Waals surface area contributed by atoms with Gasteiger partial charge < -0.3 is 19.5 Å². The molecule has 21 heavy (non-hydrogen) atoms. The zero-order chi connectivity index (χ0) is 15.5. The van der Waals surface area contributed by atoms with E-state index in [0.717, 1.165) is 13.1 Å². The van der Waals surface area contributed by atoms with Gasteiger partial charge in [0.2, 0.25) is 5.91 Å². The third kappa shape index (κ3) is 7.60. The first-order valence-corrected chi connectivity index (χ1v) is 6.88. The Labute approximate surface area is 123 Å². The number of morpholine rings is 1. The fourth-order valence-electron chi connectivity index (χ4n) is 1.95. The lowest BCUT2D eigenvalue weighted by molar-refractivity contribution is -0.145. The smallest absolute Gasteiger partial charge is 0.329 e. The third-order valence-corrected chi connectivity index (χ3v) is 3.09. The van der Waals surface area contributed by atoms with E-state index in [-0.39, 0.29) is 18.9 Å². The highest BCUT2D eigenvalue weighted by atomic mass is 16.5. The minimum atomic E-state index is -1.11. The van der Waals surface area contributed by atoms with Gasteiger partial charge >= 0.3 is 5.97 Å². The summed E-state index contributed by atoms with van der Waals surface area (Å²) in [6, 6.07) is 2.00. The number of amides is 1. The molecule has 1 fully saturated rings. The number of nitrogens with zero attached hydrogens (tertiary/aromatic N) is 3. The van der Waals surface area contributed by atoms with Gasteiger partial charge in [0.05, 0.1) is 25.7 Å². The van der Waals surface area contributed by atoms with E-state index in [4.69, 9.17) is 19.8 Å². The van der Waals surface area contributed by atoms with Crippen molar-refractivity contribution in [1.29, 1.82) is 5.26 Å². The lowest BCUT2D eigenvalue weighted by Gasteiger charge is -2.29. The Bertz CT molecular complexity index is 376. The maximum Gasteiger partial charge on any atom is 0.329 e. The fourth-order valence-corrected chi connectivity index (χ4v) is 1.95. The van der Waals surface area contributed by atoms with E-state index in [1.54, 1.807) is 4.90 Å². The molecular formula is C13H21N3O5. The highest BCUT2D eigenvalue weighted by Crippen LogP contribution is 2.00. The van der Waals surface area contributed by atoms with Gasteiger partial charge in [0, 0.05) is 32.7 Å². The van der Waals surface area contributed by atoms with Gasteiger partial charge in [-0.25, -0.2) is 4.79 Å². The molecule has 0 unspecified atom stereocenters. The maximum atomic E-state index is 12.0. The summed E-state index contributed by atoms with van der Waals surface area (Å²) < 4.78 is 10.1. The first-order chi connectivity index (χ1) is 10.1. The van der Waals surface area contributed by atoms with Crippen LogP contribution in [0, 0.1) is 11.3 Å². The van der Waals surface area contributed by atoms with Crippen LogP contribution in [0.2, 0.25) is 0 Å². The average Bonchev–Trinajstić information content (AvgIpc) is 2.48. The number of rotatable bonds is 9. The highest BCUT2D eigenvalue weighted by Gasteiger charge is 2.17. The number of hydrogen-bond donors (Lipinski definition) is 1. The van der Waals surface area contributed by atoms with Crippen molar-refractivity contribution in [2.45, 2.75) is 6.42 Å². The van der Waals surface area contributed by atoms with Gasteiger partial charge in [-0.3, -0.25) is 9.69 Å². The number of hydrogen-bond acceptors (Lipinski definition) is 6. The number of carboxylic acid groups (broad SMARTS) is 1. The van der Waals surface area contributed by atoms with Gasteiger partial charge in [0.25, 0.3) is 0 Å². The van der Waals surface area contributed by atoms with E-state index in [9.17, 15) is 9.59 Å². The van der Waals surface area contributed by atoms with Crippen LogP contribution in [-0.2, 0) is 19.1 Å². The highest BCUT2D eigenvalue weighted by molar-refractivity contribution is 5.78. The van der Waals surface area contributed by atoms with E-state index >= 15 is 0 Å². The Balaban J connectivity index is 2.36. The summed E-state index contributed by atoms with van der Waals surface area (Å²) >= 11 is 0. The van der Waals surface area contributed by atoms with Gasteiger partial charge in [-0.05, 0) is 0 Å². The number of carbonyl (C=O) groups is 2. The SMILES string of the molecule is N#CCCN(CCN1CCOCC1)C(=O)COCC(=O)O. The zero-order valence-corrected chi connectivity index (χ0v) is 12.0. The van der Waals surface area contributed by atoms with E-state index in [1.165, 1.54) is 0 Å². The summed E-state index contributed by atoms with van der Waals surface area (Å²) in [4.78, 5) is 26.0. The Hall–Kier alpha value is -1.69. The van der Waals surface area contributed by atoms with E-state index in [2.05, 4.69) is 4.90 Å². The number of aliphatic carboxylic acids is 1. The molecule has 1 N–H and O–H groups in total. The molecule has 0 bridgehead atoms. The molecule has 8 nitrogen and oxygen atoms in total. The second-order valence-electron chi connectivity index (χ2n) is 4.63. The van der Waals surface area contributed by atoms with Crippen molar-refractivity contribution in [2.24, 2.45) is 0 Å². The molecule has 1 rings (SSSR count). The molecule has 1 aliphatic rings. The van der Waals surface area contributed by atoms with Crippen molar-refractivity contribution in [1.82, 2.24) is 9.80 Å². The molecule has 0 aromatic heterocycles. The van der Waals surface area contributed by atoms with Gasteiger partial charge in [-0.15, -0.1) is 0 Å². The van der Waals surface area contributed by atoms with Crippen molar-refractivity contribution in [3.8, 4) is 6.07 Å². The summed E-state index contributed by atoms with van der Waals surface area (Å²) in [5.41, 5.74) is 0. The average molecular weight is 299 g/mol. The van der Waals surface area contributed by atoms with Crippen molar-refractivity contribution >= 4 is 11.9 Å². The van der Waals surface area contributed by atoms with Crippen LogP contribution < -0.4 is 0 Å². The van der Waals surface area contributed by atoms with Crippen LogP contribution in [0.5, 0.6) is 0 Å². The van der Waals surface area contributed by atoms with Crippen LogP contribution in [0.4, 0.5) is 0 Å². The number of nitriles is 1. The Morgan fingerprint density at radius 2 is 2.00 bits per heavy atom. The quantitative estimate of drug-likeness (QED) is 0.592. The normalized spacial score (nSPS) is 15.4. The topological polar surface area (TPSA) is 103 Å². The molecule has 0 aromatic rings. The Kier molecular flexibility index (Phi) is 8.35. The van der Waals surface area contributed by atoms with Crippen molar-refractivity contribution < 1.29 is 24.2 Å². The minimum Gasteiger partial charge on any atom is -0.480 e. The lowest BCUT2D eigenvalue weighted by atomic mass is 10.3.